The van der Waals surface area contributed by atoms with Crippen molar-refractivity contribution in [2.75, 3.05) is 12.8 Å². The van der Waals surface area contributed by atoms with Gasteiger partial charge in [-0.25, -0.2) is 4.98 Å². The molecule has 20 heavy (non-hydrogen) atoms. The molecule has 0 aliphatic carbocycles. The van der Waals surface area contributed by atoms with Crippen molar-refractivity contribution >= 4 is 17.1 Å². The maximum Gasteiger partial charge on any atom is 0.215 e. The van der Waals surface area contributed by atoms with Crippen LogP contribution in [0.25, 0.3) is 11.2 Å². The van der Waals surface area contributed by atoms with Crippen molar-refractivity contribution in [2.24, 2.45) is 0 Å². The molecule has 0 atom stereocenters. The van der Waals surface area contributed by atoms with Gasteiger partial charge in [0.15, 0.2) is 5.65 Å². The predicted molar refractivity (Wildman–Crippen MR) is 76.6 cm³/mol. The Hall–Kier alpha value is -2.63. The fourth-order valence-corrected chi connectivity index (χ4v) is 2.10. The molecule has 0 amide bonds. The number of rotatable bonds is 3. The number of aromatic nitrogens is 4. The van der Waals surface area contributed by atoms with Crippen LogP contribution in [0, 0.1) is 6.92 Å². The van der Waals surface area contributed by atoms with E-state index in [9.17, 15) is 0 Å². The third kappa shape index (κ3) is 2.05. The van der Waals surface area contributed by atoms with Crippen LogP contribution in [0.2, 0.25) is 0 Å². The van der Waals surface area contributed by atoms with Gasteiger partial charge in [0.2, 0.25) is 11.8 Å². The highest BCUT2D eigenvalue weighted by Gasteiger charge is 2.12. The average Bonchev–Trinajstić information content (AvgIpc) is 2.77. The van der Waals surface area contributed by atoms with Crippen LogP contribution in [0.15, 0.2) is 30.6 Å². The van der Waals surface area contributed by atoms with Crippen LogP contribution < -0.4 is 10.5 Å². The Morgan fingerprint density at radius 3 is 2.85 bits per heavy atom. The molecule has 0 unspecified atom stereocenters. The number of fused-ring (bicyclic) bond motifs is 1. The number of ether oxygens (including phenoxy) is 1. The number of aryl methyl sites for hydroxylation is 1. The summed E-state index contributed by atoms with van der Waals surface area (Å²) < 4.78 is 7.02. The van der Waals surface area contributed by atoms with Gasteiger partial charge in [-0.05, 0) is 30.2 Å². The van der Waals surface area contributed by atoms with Crippen LogP contribution >= 0.6 is 0 Å². The fourth-order valence-electron chi connectivity index (χ4n) is 2.10. The smallest absolute Gasteiger partial charge is 0.215 e. The molecule has 6 nitrogen and oxygen atoms in total. The highest BCUT2D eigenvalue weighted by atomic mass is 16.5. The number of nitrogens with two attached hydrogens (primary N) is 1. The second-order valence-electron chi connectivity index (χ2n) is 4.55. The van der Waals surface area contributed by atoms with Crippen LogP contribution in [-0.2, 0) is 6.54 Å². The number of imidazole rings is 1. The van der Waals surface area contributed by atoms with Crippen LogP contribution in [0.1, 0.15) is 11.1 Å². The summed E-state index contributed by atoms with van der Waals surface area (Å²) in [4.78, 5) is 12.9. The number of hydrogen-bond acceptors (Lipinski definition) is 5. The van der Waals surface area contributed by atoms with Crippen LogP contribution in [0.3, 0.4) is 0 Å². The zero-order valence-electron chi connectivity index (χ0n) is 11.4. The van der Waals surface area contributed by atoms with Gasteiger partial charge in [-0.15, -0.1) is 0 Å². The summed E-state index contributed by atoms with van der Waals surface area (Å²) in [6.45, 7) is 2.63. The van der Waals surface area contributed by atoms with Crippen molar-refractivity contribution in [3.05, 3.63) is 41.7 Å². The quantitative estimate of drug-likeness (QED) is 0.784. The Morgan fingerprint density at radius 1 is 1.25 bits per heavy atom. The number of methoxy groups -OCH3 is 1. The Morgan fingerprint density at radius 2 is 2.10 bits per heavy atom. The third-order valence-electron chi connectivity index (χ3n) is 3.28. The van der Waals surface area contributed by atoms with Gasteiger partial charge in [0.25, 0.3) is 0 Å². The summed E-state index contributed by atoms with van der Waals surface area (Å²) in [6.07, 6.45) is 3.61. The largest absolute Gasteiger partial charge is 0.481 e. The lowest BCUT2D eigenvalue weighted by molar-refractivity contribution is 0.399. The van der Waals surface area contributed by atoms with Crippen molar-refractivity contribution in [3.8, 4) is 5.88 Å². The molecule has 0 bridgehead atoms. The fraction of sp³-hybridized carbons (Fsp3) is 0.214. The lowest BCUT2D eigenvalue weighted by atomic mass is 10.1. The van der Waals surface area contributed by atoms with E-state index in [4.69, 9.17) is 10.5 Å². The van der Waals surface area contributed by atoms with E-state index in [0.29, 0.717) is 24.0 Å². The zero-order valence-corrected chi connectivity index (χ0v) is 11.4. The predicted octanol–water partition coefficient (Wildman–Crippen LogP) is 1.77. The van der Waals surface area contributed by atoms with Crippen molar-refractivity contribution in [3.63, 3.8) is 0 Å². The minimum absolute atomic E-state index is 0.434. The maximum absolute atomic E-state index is 5.99. The molecule has 3 rings (SSSR count). The summed E-state index contributed by atoms with van der Waals surface area (Å²) in [5.74, 6) is 0.977. The maximum atomic E-state index is 5.99. The lowest BCUT2D eigenvalue weighted by Crippen LogP contribution is -2.07. The van der Waals surface area contributed by atoms with E-state index in [1.165, 1.54) is 0 Å². The first kappa shape index (κ1) is 12.4. The number of nitrogens with zero attached hydrogens (tertiary/aromatic N) is 4. The van der Waals surface area contributed by atoms with E-state index in [1.807, 2.05) is 29.8 Å². The Labute approximate surface area is 116 Å². The summed E-state index contributed by atoms with van der Waals surface area (Å²) in [5, 5.41) is 0. The van der Waals surface area contributed by atoms with Crippen LogP contribution in [0.4, 0.5) is 5.95 Å². The number of nitrogen functional groups attached to an aromatic ring is 1. The molecule has 3 aromatic heterocycles. The number of pyridine rings is 2. The average molecular weight is 269 g/mol. The molecule has 0 saturated heterocycles. The zero-order chi connectivity index (χ0) is 14.1. The van der Waals surface area contributed by atoms with Crippen molar-refractivity contribution in [2.45, 2.75) is 13.5 Å². The number of anilines is 1. The molecular formula is C14H15N5O. The molecule has 6 heteroatoms. The Balaban J connectivity index is 2.11. The van der Waals surface area contributed by atoms with E-state index >= 15 is 0 Å². The number of hydrogen-bond donors (Lipinski definition) is 1. The molecule has 0 spiro atoms. The SMILES string of the molecule is COc1ccc2nc(N)n(Cc3cnccc3C)c2n1. The first-order valence-corrected chi connectivity index (χ1v) is 6.25. The molecule has 0 aliphatic rings. The van der Waals surface area contributed by atoms with E-state index in [-0.39, 0.29) is 0 Å². The Bertz CT molecular complexity index is 765. The third-order valence-corrected chi connectivity index (χ3v) is 3.28. The van der Waals surface area contributed by atoms with E-state index in [1.54, 1.807) is 19.4 Å². The second kappa shape index (κ2) is 4.80. The lowest BCUT2D eigenvalue weighted by Gasteiger charge is -2.08. The van der Waals surface area contributed by atoms with Gasteiger partial charge in [-0.3, -0.25) is 9.55 Å². The van der Waals surface area contributed by atoms with Crippen molar-refractivity contribution in [1.29, 1.82) is 0 Å². The monoisotopic (exact) mass is 269 g/mol. The molecule has 102 valence electrons. The van der Waals surface area contributed by atoms with Crippen molar-refractivity contribution < 1.29 is 4.74 Å². The first-order valence-electron chi connectivity index (χ1n) is 6.25. The van der Waals surface area contributed by atoms with E-state index < -0.39 is 0 Å². The van der Waals surface area contributed by atoms with Gasteiger partial charge in [0, 0.05) is 18.5 Å². The van der Waals surface area contributed by atoms with Crippen LogP contribution in [-0.4, -0.2) is 26.6 Å². The summed E-state index contributed by atoms with van der Waals surface area (Å²) >= 11 is 0. The van der Waals surface area contributed by atoms with Gasteiger partial charge >= 0.3 is 0 Å². The van der Waals surface area contributed by atoms with Gasteiger partial charge in [-0.1, -0.05) is 0 Å². The molecular weight excluding hydrogens is 254 g/mol. The highest BCUT2D eigenvalue weighted by molar-refractivity contribution is 5.75. The standard InChI is InChI=1S/C14H15N5O/c1-9-5-6-16-7-10(9)8-19-13-11(17-14(19)15)3-4-12(18-13)20-2/h3-7H,8H2,1-2H3,(H2,15,17). The minimum Gasteiger partial charge on any atom is -0.481 e. The first-order chi connectivity index (χ1) is 9.69. The van der Waals surface area contributed by atoms with Gasteiger partial charge < -0.3 is 10.5 Å². The molecule has 3 aromatic rings. The van der Waals surface area contributed by atoms with E-state index in [0.717, 1.165) is 16.6 Å². The van der Waals surface area contributed by atoms with Crippen molar-refractivity contribution in [1.82, 2.24) is 19.5 Å². The molecule has 0 saturated carbocycles. The molecule has 3 heterocycles. The molecule has 0 radical (unpaired) electrons. The molecule has 2 N–H and O–H groups in total. The van der Waals surface area contributed by atoms with Gasteiger partial charge in [0.05, 0.1) is 13.7 Å². The Kier molecular flexibility index (Phi) is 2.98. The minimum atomic E-state index is 0.434. The molecule has 0 aliphatic heterocycles. The van der Waals surface area contributed by atoms with Gasteiger partial charge in [0.1, 0.15) is 5.52 Å². The summed E-state index contributed by atoms with van der Waals surface area (Å²) in [6, 6.07) is 5.59. The summed E-state index contributed by atoms with van der Waals surface area (Å²) in [7, 11) is 1.59. The summed E-state index contributed by atoms with van der Waals surface area (Å²) in [5.41, 5.74) is 9.70. The van der Waals surface area contributed by atoms with Crippen LogP contribution in [0.5, 0.6) is 5.88 Å². The molecule has 0 aromatic carbocycles. The van der Waals surface area contributed by atoms with E-state index in [2.05, 4.69) is 15.0 Å². The topological polar surface area (TPSA) is 78.9 Å². The molecule has 0 fully saturated rings. The highest BCUT2D eigenvalue weighted by Crippen LogP contribution is 2.21. The second-order valence-corrected chi connectivity index (χ2v) is 4.55. The van der Waals surface area contributed by atoms with Gasteiger partial charge in [-0.2, -0.15) is 4.98 Å². The normalized spacial score (nSPS) is 10.9.